The summed E-state index contributed by atoms with van der Waals surface area (Å²) < 4.78 is 0. The van der Waals surface area contributed by atoms with Crippen molar-refractivity contribution < 1.29 is 4.79 Å². The minimum atomic E-state index is 0.279. The lowest BCUT2D eigenvalue weighted by atomic mass is 9.57. The summed E-state index contributed by atoms with van der Waals surface area (Å²) in [6.45, 7) is 5.18. The summed E-state index contributed by atoms with van der Waals surface area (Å²) in [5.41, 5.74) is 3.19. The Bertz CT molecular complexity index is 665. The Labute approximate surface area is 166 Å². The minimum Gasteiger partial charge on any atom is -0.294 e. The van der Waals surface area contributed by atoms with E-state index < -0.39 is 0 Å². The molecule has 148 valence electrons. The fourth-order valence-electron chi connectivity index (χ4n) is 6.62. The van der Waals surface area contributed by atoms with Gasteiger partial charge in [0.1, 0.15) is 0 Å². The predicted molar refractivity (Wildman–Crippen MR) is 113 cm³/mol. The molecule has 0 spiro atoms. The Kier molecular flexibility index (Phi) is 5.50. The second kappa shape index (κ2) is 7.72. The van der Waals surface area contributed by atoms with Crippen LogP contribution in [-0.2, 0) is 6.42 Å². The molecule has 0 aromatic heterocycles. The molecule has 3 aliphatic rings. The molecule has 0 amide bonds. The topological polar surface area (TPSA) is 17.1 Å². The van der Waals surface area contributed by atoms with Crippen molar-refractivity contribution in [2.75, 3.05) is 0 Å². The van der Waals surface area contributed by atoms with E-state index >= 15 is 0 Å². The van der Waals surface area contributed by atoms with Gasteiger partial charge in [-0.3, -0.25) is 4.79 Å². The Hall–Kier alpha value is -1.11. The van der Waals surface area contributed by atoms with Crippen molar-refractivity contribution in [3.63, 3.8) is 0 Å². The van der Waals surface area contributed by atoms with Gasteiger partial charge in [-0.2, -0.15) is 0 Å². The lowest BCUT2D eigenvalue weighted by Gasteiger charge is -2.47. The molecule has 2 saturated carbocycles. The summed E-state index contributed by atoms with van der Waals surface area (Å²) in [4.78, 5) is 13.2. The molecule has 3 unspecified atom stereocenters. The minimum absolute atomic E-state index is 0.279. The van der Waals surface area contributed by atoms with Crippen molar-refractivity contribution in [3.8, 4) is 0 Å². The molecular weight excluding hydrogens is 328 g/mol. The second-order valence-corrected chi connectivity index (χ2v) is 10.4. The van der Waals surface area contributed by atoms with E-state index in [0.717, 1.165) is 18.4 Å². The van der Waals surface area contributed by atoms with E-state index in [1.54, 1.807) is 0 Å². The zero-order valence-corrected chi connectivity index (χ0v) is 17.6. The summed E-state index contributed by atoms with van der Waals surface area (Å²) in [5.74, 6) is 1.31. The Balaban J connectivity index is 1.55. The Morgan fingerprint density at radius 1 is 0.778 bits per heavy atom. The van der Waals surface area contributed by atoms with Crippen LogP contribution in [-0.4, -0.2) is 5.78 Å². The van der Waals surface area contributed by atoms with Gasteiger partial charge in [-0.25, -0.2) is 0 Å². The third-order valence-electron chi connectivity index (χ3n) is 8.91. The zero-order chi connectivity index (χ0) is 18.9. The molecular formula is C26H38O. The highest BCUT2D eigenvalue weighted by atomic mass is 16.1. The molecule has 1 aromatic carbocycles. The summed E-state index contributed by atoms with van der Waals surface area (Å²) in [5, 5.41) is 0. The van der Waals surface area contributed by atoms with Gasteiger partial charge in [0, 0.05) is 11.5 Å². The maximum Gasteiger partial charge on any atom is 0.166 e. The van der Waals surface area contributed by atoms with Crippen LogP contribution in [0.2, 0.25) is 0 Å². The largest absolute Gasteiger partial charge is 0.294 e. The number of Topliss-reactive ketones (excluding diaryl/α,β-unsaturated/α-hetero) is 1. The molecule has 3 aliphatic carbocycles. The van der Waals surface area contributed by atoms with Gasteiger partial charge in [0.05, 0.1) is 0 Å². The van der Waals surface area contributed by atoms with Crippen molar-refractivity contribution in [1.82, 2.24) is 0 Å². The smallest absolute Gasteiger partial charge is 0.166 e. The standard InChI is InChI=1S/C26H38O/c1-25(15-9-5-3-4-6-10-16-25)26(2)17-13-21-19-20-11-7-8-12-22(20)24(27)23(21)14-18-26/h7-8,11-12,21,23H,3-6,9-10,13-19H2,1-2H3. The first-order chi connectivity index (χ1) is 13.0. The summed E-state index contributed by atoms with van der Waals surface area (Å²) in [6, 6.07) is 8.40. The van der Waals surface area contributed by atoms with Crippen LogP contribution in [0.15, 0.2) is 24.3 Å². The van der Waals surface area contributed by atoms with Crippen molar-refractivity contribution in [3.05, 3.63) is 35.4 Å². The monoisotopic (exact) mass is 366 g/mol. The number of carbonyl (C=O) groups is 1. The van der Waals surface area contributed by atoms with Crippen LogP contribution in [0.1, 0.15) is 107 Å². The average Bonchev–Trinajstić information content (AvgIpc) is 2.76. The maximum atomic E-state index is 13.2. The van der Waals surface area contributed by atoms with E-state index in [2.05, 4.69) is 32.0 Å². The van der Waals surface area contributed by atoms with Crippen molar-refractivity contribution in [2.45, 2.75) is 97.3 Å². The SMILES string of the molecule is CC1(C2(C)CCC3Cc4ccccc4C(=O)C3CC2)CCCCCCCC1. The number of fused-ring (bicyclic) bond motifs is 2. The summed E-state index contributed by atoms with van der Waals surface area (Å²) in [7, 11) is 0. The highest BCUT2D eigenvalue weighted by Crippen LogP contribution is 2.56. The molecule has 0 heterocycles. The number of hydrogen-bond acceptors (Lipinski definition) is 1. The molecule has 0 radical (unpaired) electrons. The number of hydrogen-bond donors (Lipinski definition) is 0. The lowest BCUT2D eigenvalue weighted by Crippen LogP contribution is -2.37. The van der Waals surface area contributed by atoms with E-state index in [1.165, 1.54) is 76.2 Å². The van der Waals surface area contributed by atoms with Crippen molar-refractivity contribution >= 4 is 5.78 Å². The quantitative estimate of drug-likeness (QED) is 0.507. The van der Waals surface area contributed by atoms with Crippen LogP contribution in [0.5, 0.6) is 0 Å². The molecule has 1 heteroatoms. The molecule has 0 bridgehead atoms. The van der Waals surface area contributed by atoms with E-state index in [0.29, 0.717) is 22.5 Å². The van der Waals surface area contributed by atoms with Gasteiger partial charge in [0.2, 0.25) is 0 Å². The van der Waals surface area contributed by atoms with Gasteiger partial charge in [-0.05, 0) is 67.3 Å². The normalized spacial score (nSPS) is 34.4. The van der Waals surface area contributed by atoms with Crippen LogP contribution in [0.4, 0.5) is 0 Å². The maximum absolute atomic E-state index is 13.2. The molecule has 0 saturated heterocycles. The molecule has 3 atom stereocenters. The fourth-order valence-corrected chi connectivity index (χ4v) is 6.62. The van der Waals surface area contributed by atoms with Crippen LogP contribution >= 0.6 is 0 Å². The lowest BCUT2D eigenvalue weighted by molar-refractivity contribution is 0.0280. The van der Waals surface area contributed by atoms with E-state index in [4.69, 9.17) is 0 Å². The summed E-state index contributed by atoms with van der Waals surface area (Å²) in [6.07, 6.45) is 17.4. The average molecular weight is 367 g/mol. The second-order valence-electron chi connectivity index (χ2n) is 10.4. The zero-order valence-electron chi connectivity index (χ0n) is 17.6. The highest BCUT2D eigenvalue weighted by molar-refractivity contribution is 6.00. The Morgan fingerprint density at radius 3 is 2.11 bits per heavy atom. The molecule has 0 N–H and O–H groups in total. The van der Waals surface area contributed by atoms with Crippen LogP contribution in [0, 0.1) is 22.7 Å². The van der Waals surface area contributed by atoms with Crippen LogP contribution in [0.3, 0.4) is 0 Å². The molecule has 0 aliphatic heterocycles. The number of rotatable bonds is 1. The van der Waals surface area contributed by atoms with E-state index in [9.17, 15) is 4.79 Å². The number of carbonyl (C=O) groups excluding carboxylic acids is 1. The first-order valence-corrected chi connectivity index (χ1v) is 11.6. The first kappa shape index (κ1) is 19.2. The molecule has 4 rings (SSSR count). The molecule has 27 heavy (non-hydrogen) atoms. The van der Waals surface area contributed by atoms with Crippen LogP contribution < -0.4 is 0 Å². The third kappa shape index (κ3) is 3.64. The van der Waals surface area contributed by atoms with Gasteiger partial charge in [-0.1, -0.05) is 76.6 Å². The van der Waals surface area contributed by atoms with Crippen LogP contribution in [0.25, 0.3) is 0 Å². The Morgan fingerprint density at radius 2 is 1.37 bits per heavy atom. The molecule has 1 aromatic rings. The molecule has 1 nitrogen and oxygen atoms in total. The van der Waals surface area contributed by atoms with Gasteiger partial charge >= 0.3 is 0 Å². The van der Waals surface area contributed by atoms with Gasteiger partial charge in [-0.15, -0.1) is 0 Å². The van der Waals surface area contributed by atoms with Crippen molar-refractivity contribution in [1.29, 1.82) is 0 Å². The highest BCUT2D eigenvalue weighted by Gasteiger charge is 2.47. The van der Waals surface area contributed by atoms with Gasteiger partial charge < -0.3 is 0 Å². The first-order valence-electron chi connectivity index (χ1n) is 11.6. The molecule has 2 fully saturated rings. The predicted octanol–water partition coefficient (Wildman–Crippen LogP) is 7.38. The fraction of sp³-hybridized carbons (Fsp3) is 0.731. The van der Waals surface area contributed by atoms with Crippen molar-refractivity contribution in [2.24, 2.45) is 22.7 Å². The summed E-state index contributed by atoms with van der Waals surface area (Å²) >= 11 is 0. The van der Waals surface area contributed by atoms with E-state index in [-0.39, 0.29) is 5.92 Å². The number of benzene rings is 1. The van der Waals surface area contributed by atoms with Gasteiger partial charge in [0.25, 0.3) is 0 Å². The van der Waals surface area contributed by atoms with Gasteiger partial charge in [0.15, 0.2) is 5.78 Å². The van der Waals surface area contributed by atoms with E-state index in [1.807, 2.05) is 6.07 Å². The third-order valence-corrected chi connectivity index (χ3v) is 8.91. The number of ketones is 1.